The maximum absolute atomic E-state index is 11.4. The van der Waals surface area contributed by atoms with Gasteiger partial charge in [0.15, 0.2) is 6.61 Å². The first-order chi connectivity index (χ1) is 10.0. The number of methoxy groups -OCH3 is 1. The molecule has 1 unspecified atom stereocenters. The summed E-state index contributed by atoms with van der Waals surface area (Å²) in [6.45, 7) is 3.82. The van der Waals surface area contributed by atoms with E-state index in [1.807, 2.05) is 6.92 Å². The third-order valence-electron chi connectivity index (χ3n) is 2.87. The highest BCUT2D eigenvalue weighted by molar-refractivity contribution is 6.32. The normalized spacial score (nSPS) is 11.9. The van der Waals surface area contributed by atoms with Crippen molar-refractivity contribution in [3.63, 3.8) is 0 Å². The SMILES string of the molecule is CCOC(=O)COc1cc(OC)c(Cl)cc1CC(C)CO. The predicted molar refractivity (Wildman–Crippen MR) is 80.1 cm³/mol. The van der Waals surface area contributed by atoms with Gasteiger partial charge in [0.1, 0.15) is 11.5 Å². The monoisotopic (exact) mass is 316 g/mol. The van der Waals surface area contributed by atoms with Crippen LogP contribution in [0.25, 0.3) is 0 Å². The van der Waals surface area contributed by atoms with Crippen LogP contribution in [0.5, 0.6) is 11.5 Å². The van der Waals surface area contributed by atoms with Gasteiger partial charge in [0.2, 0.25) is 0 Å². The topological polar surface area (TPSA) is 65.0 Å². The van der Waals surface area contributed by atoms with E-state index in [0.29, 0.717) is 29.5 Å². The molecule has 1 aromatic rings. The van der Waals surface area contributed by atoms with Crippen molar-refractivity contribution in [2.45, 2.75) is 20.3 Å². The van der Waals surface area contributed by atoms with E-state index in [-0.39, 0.29) is 19.1 Å². The van der Waals surface area contributed by atoms with Crippen molar-refractivity contribution >= 4 is 17.6 Å². The Balaban J connectivity index is 2.93. The van der Waals surface area contributed by atoms with Gasteiger partial charge in [-0.05, 0) is 30.9 Å². The van der Waals surface area contributed by atoms with Crippen molar-refractivity contribution < 1.29 is 24.1 Å². The maximum Gasteiger partial charge on any atom is 0.344 e. The average Bonchev–Trinajstić information content (AvgIpc) is 2.46. The third-order valence-corrected chi connectivity index (χ3v) is 3.16. The van der Waals surface area contributed by atoms with Gasteiger partial charge in [-0.3, -0.25) is 0 Å². The van der Waals surface area contributed by atoms with Crippen LogP contribution in [0.2, 0.25) is 5.02 Å². The summed E-state index contributed by atoms with van der Waals surface area (Å²) < 4.78 is 15.5. The van der Waals surface area contributed by atoms with Gasteiger partial charge in [-0.15, -0.1) is 0 Å². The third kappa shape index (κ3) is 5.44. The van der Waals surface area contributed by atoms with E-state index < -0.39 is 5.97 Å². The molecule has 5 nitrogen and oxygen atoms in total. The van der Waals surface area contributed by atoms with E-state index in [0.717, 1.165) is 5.56 Å². The molecule has 0 aliphatic heterocycles. The number of rotatable bonds is 8. The number of carbonyl (C=O) groups excluding carboxylic acids is 1. The number of aliphatic hydroxyl groups excluding tert-OH is 1. The minimum atomic E-state index is -0.437. The molecule has 0 aliphatic rings. The summed E-state index contributed by atoms with van der Waals surface area (Å²) >= 11 is 6.11. The number of halogens is 1. The minimum Gasteiger partial charge on any atom is -0.495 e. The second-order valence-electron chi connectivity index (χ2n) is 4.68. The summed E-state index contributed by atoms with van der Waals surface area (Å²) in [5.74, 6) is 0.590. The summed E-state index contributed by atoms with van der Waals surface area (Å²) in [5.41, 5.74) is 0.812. The molecule has 0 fully saturated rings. The van der Waals surface area contributed by atoms with Crippen molar-refractivity contribution in [1.29, 1.82) is 0 Å². The van der Waals surface area contributed by atoms with Crippen molar-refractivity contribution in [2.24, 2.45) is 5.92 Å². The van der Waals surface area contributed by atoms with E-state index in [4.69, 9.17) is 25.8 Å². The Morgan fingerprint density at radius 1 is 1.38 bits per heavy atom. The van der Waals surface area contributed by atoms with Crippen LogP contribution in [0, 0.1) is 5.92 Å². The molecular formula is C15H21ClO5. The number of aliphatic hydroxyl groups is 1. The number of benzene rings is 1. The number of hydrogen-bond donors (Lipinski definition) is 1. The molecule has 0 radical (unpaired) electrons. The van der Waals surface area contributed by atoms with Crippen LogP contribution in [0.4, 0.5) is 0 Å². The molecule has 0 bridgehead atoms. The number of hydrogen-bond acceptors (Lipinski definition) is 5. The Kier molecular flexibility index (Phi) is 7.32. The summed E-state index contributed by atoms with van der Waals surface area (Å²) in [4.78, 5) is 11.4. The van der Waals surface area contributed by atoms with E-state index in [9.17, 15) is 9.90 Å². The molecule has 0 spiro atoms. The summed E-state index contributed by atoms with van der Waals surface area (Å²) in [6, 6.07) is 3.37. The lowest BCUT2D eigenvalue weighted by Crippen LogP contribution is -2.16. The van der Waals surface area contributed by atoms with Crippen molar-refractivity contribution in [1.82, 2.24) is 0 Å². The van der Waals surface area contributed by atoms with E-state index in [1.54, 1.807) is 19.1 Å². The van der Waals surface area contributed by atoms with E-state index in [2.05, 4.69) is 0 Å². The van der Waals surface area contributed by atoms with Crippen molar-refractivity contribution in [3.05, 3.63) is 22.7 Å². The van der Waals surface area contributed by atoms with Crippen molar-refractivity contribution in [3.8, 4) is 11.5 Å². The minimum absolute atomic E-state index is 0.0550. The predicted octanol–water partition coefficient (Wildman–Crippen LogP) is 2.46. The number of ether oxygens (including phenoxy) is 3. The van der Waals surface area contributed by atoms with Gasteiger partial charge in [0.25, 0.3) is 0 Å². The van der Waals surface area contributed by atoms with Crippen LogP contribution in [0.15, 0.2) is 12.1 Å². The first-order valence-electron chi connectivity index (χ1n) is 6.77. The van der Waals surface area contributed by atoms with Gasteiger partial charge in [0.05, 0.1) is 18.7 Å². The highest BCUT2D eigenvalue weighted by Crippen LogP contribution is 2.34. The second-order valence-corrected chi connectivity index (χ2v) is 5.09. The molecule has 0 saturated carbocycles. The van der Waals surface area contributed by atoms with E-state index in [1.165, 1.54) is 7.11 Å². The molecule has 0 heterocycles. The zero-order chi connectivity index (χ0) is 15.8. The Labute approximate surface area is 129 Å². The summed E-state index contributed by atoms with van der Waals surface area (Å²) in [6.07, 6.45) is 0.582. The molecule has 118 valence electrons. The highest BCUT2D eigenvalue weighted by Gasteiger charge is 2.14. The lowest BCUT2D eigenvalue weighted by molar-refractivity contribution is -0.145. The van der Waals surface area contributed by atoms with Gasteiger partial charge >= 0.3 is 5.97 Å². The van der Waals surface area contributed by atoms with Gasteiger partial charge in [-0.1, -0.05) is 18.5 Å². The zero-order valence-electron chi connectivity index (χ0n) is 12.5. The van der Waals surface area contributed by atoms with Crippen LogP contribution in [-0.2, 0) is 16.0 Å². The fraction of sp³-hybridized carbons (Fsp3) is 0.533. The number of esters is 1. The molecule has 21 heavy (non-hydrogen) atoms. The Hall–Kier alpha value is -1.46. The molecule has 1 N–H and O–H groups in total. The van der Waals surface area contributed by atoms with E-state index >= 15 is 0 Å². The molecule has 0 aromatic heterocycles. The summed E-state index contributed by atoms with van der Waals surface area (Å²) in [7, 11) is 1.51. The van der Waals surface area contributed by atoms with Crippen LogP contribution in [0.3, 0.4) is 0 Å². The molecule has 0 saturated heterocycles. The van der Waals surface area contributed by atoms with Gasteiger partial charge in [-0.25, -0.2) is 4.79 Å². The fourth-order valence-corrected chi connectivity index (χ4v) is 2.07. The number of carbonyl (C=O) groups is 1. The van der Waals surface area contributed by atoms with Crippen molar-refractivity contribution in [2.75, 3.05) is 26.9 Å². The second kappa shape index (κ2) is 8.74. The Morgan fingerprint density at radius 3 is 2.67 bits per heavy atom. The first-order valence-corrected chi connectivity index (χ1v) is 7.15. The smallest absolute Gasteiger partial charge is 0.344 e. The van der Waals surface area contributed by atoms with Crippen LogP contribution >= 0.6 is 11.6 Å². The maximum atomic E-state index is 11.4. The molecule has 0 aliphatic carbocycles. The zero-order valence-corrected chi connectivity index (χ0v) is 13.3. The Bertz CT molecular complexity index is 475. The first kappa shape index (κ1) is 17.6. The molecule has 1 rings (SSSR count). The van der Waals surface area contributed by atoms with Crippen LogP contribution < -0.4 is 9.47 Å². The standard InChI is InChI=1S/C15H21ClO5/c1-4-20-15(18)9-21-13-7-14(19-3)12(16)6-11(13)5-10(2)8-17/h6-7,10,17H,4-5,8-9H2,1-3H3. The largest absolute Gasteiger partial charge is 0.495 e. The Morgan fingerprint density at radius 2 is 2.10 bits per heavy atom. The molecule has 0 amide bonds. The lowest BCUT2D eigenvalue weighted by Gasteiger charge is -2.16. The van der Waals surface area contributed by atoms with Gasteiger partial charge in [-0.2, -0.15) is 0 Å². The fourth-order valence-electron chi connectivity index (χ4n) is 1.81. The van der Waals surface area contributed by atoms with Crippen LogP contribution in [0.1, 0.15) is 19.4 Å². The van der Waals surface area contributed by atoms with Gasteiger partial charge in [0, 0.05) is 12.7 Å². The molecule has 6 heteroatoms. The highest BCUT2D eigenvalue weighted by atomic mass is 35.5. The molecular weight excluding hydrogens is 296 g/mol. The lowest BCUT2D eigenvalue weighted by atomic mass is 10.0. The quantitative estimate of drug-likeness (QED) is 0.746. The summed E-state index contributed by atoms with van der Waals surface area (Å²) in [5, 5.41) is 9.63. The van der Waals surface area contributed by atoms with Gasteiger partial charge < -0.3 is 19.3 Å². The molecule has 1 aromatic carbocycles. The average molecular weight is 317 g/mol. The molecule has 1 atom stereocenters. The van der Waals surface area contributed by atoms with Crippen LogP contribution in [-0.4, -0.2) is 38.0 Å².